The second kappa shape index (κ2) is 9.34. The number of hydrogen-bond acceptors (Lipinski definition) is 6. The first-order valence-corrected chi connectivity index (χ1v) is 12.0. The van der Waals surface area contributed by atoms with Gasteiger partial charge < -0.3 is 19.5 Å². The monoisotopic (exact) mass is 470 g/mol. The molecule has 34 heavy (non-hydrogen) atoms. The molecule has 0 amide bonds. The molecular weight excluding hydrogens is 439 g/mol. The van der Waals surface area contributed by atoms with Crippen molar-refractivity contribution in [2.75, 3.05) is 37.7 Å². The highest BCUT2D eigenvalue weighted by atomic mass is 19.1. The molecule has 2 aliphatic rings. The van der Waals surface area contributed by atoms with Gasteiger partial charge in [0.1, 0.15) is 5.82 Å². The number of nitrogens with one attached hydrogen (secondary N) is 1. The Bertz CT molecular complexity index is 1300. The molecule has 4 heterocycles. The summed E-state index contributed by atoms with van der Waals surface area (Å²) in [6.45, 7) is 6.09. The molecule has 0 spiro atoms. The Kier molecular flexibility index (Phi) is 6.26. The molecule has 1 aromatic carbocycles. The van der Waals surface area contributed by atoms with E-state index in [0.717, 1.165) is 37.6 Å². The van der Waals surface area contributed by atoms with E-state index < -0.39 is 5.69 Å². The summed E-state index contributed by atoms with van der Waals surface area (Å²) >= 11 is 0. The average molecular weight is 471 g/mol. The van der Waals surface area contributed by atoms with E-state index in [4.69, 9.17) is 9.72 Å². The first-order chi connectivity index (χ1) is 16.5. The van der Waals surface area contributed by atoms with Crippen molar-refractivity contribution < 1.29 is 9.13 Å². The lowest BCUT2D eigenvalue weighted by Gasteiger charge is -2.25. The standard InChI is InChI=1S/C24H31FN6O3/c1-3-34-13-12-31-22(32)20-21(28(2)24(31)33)27-23(29-11-9-17-14-26-15-19(17)29)30(20)10-8-16-4-6-18(25)7-5-16/h4-7,17,19,26H,3,8-15H2,1-2H3. The van der Waals surface area contributed by atoms with E-state index in [9.17, 15) is 14.0 Å². The zero-order valence-corrected chi connectivity index (χ0v) is 19.7. The predicted molar refractivity (Wildman–Crippen MR) is 128 cm³/mol. The molecule has 2 unspecified atom stereocenters. The Morgan fingerprint density at radius 2 is 1.94 bits per heavy atom. The zero-order valence-electron chi connectivity index (χ0n) is 19.7. The van der Waals surface area contributed by atoms with Crippen LogP contribution < -0.4 is 21.5 Å². The minimum atomic E-state index is -0.395. The number of imidazole rings is 1. The Hall–Kier alpha value is -2.98. The van der Waals surface area contributed by atoms with Crippen molar-refractivity contribution in [1.82, 2.24) is 24.0 Å². The molecule has 0 bridgehead atoms. The highest BCUT2D eigenvalue weighted by molar-refractivity contribution is 5.75. The van der Waals surface area contributed by atoms with Gasteiger partial charge in [0.2, 0.25) is 5.95 Å². The van der Waals surface area contributed by atoms with Crippen LogP contribution in [0.15, 0.2) is 33.9 Å². The number of halogens is 1. The fourth-order valence-electron chi connectivity index (χ4n) is 5.28. The lowest BCUT2D eigenvalue weighted by atomic mass is 10.1. The Morgan fingerprint density at radius 1 is 1.15 bits per heavy atom. The van der Waals surface area contributed by atoms with E-state index in [1.807, 2.05) is 11.5 Å². The quantitative estimate of drug-likeness (QED) is 0.497. The highest BCUT2D eigenvalue weighted by Crippen LogP contribution is 2.33. The van der Waals surface area contributed by atoms with E-state index in [1.165, 1.54) is 21.3 Å². The van der Waals surface area contributed by atoms with Crippen molar-refractivity contribution in [3.63, 3.8) is 0 Å². The van der Waals surface area contributed by atoms with Gasteiger partial charge in [0.25, 0.3) is 5.56 Å². The third-order valence-corrected chi connectivity index (χ3v) is 7.12. The molecule has 5 rings (SSSR count). The number of rotatable bonds is 8. The second-order valence-electron chi connectivity index (χ2n) is 9.08. The lowest BCUT2D eigenvalue weighted by Crippen LogP contribution is -2.40. The topological polar surface area (TPSA) is 86.3 Å². The van der Waals surface area contributed by atoms with Crippen LogP contribution in [-0.4, -0.2) is 57.6 Å². The minimum absolute atomic E-state index is 0.187. The molecule has 2 aliphatic heterocycles. The number of fused-ring (bicyclic) bond motifs is 2. The molecule has 2 aromatic heterocycles. The number of aryl methyl sites for hydroxylation is 3. The fraction of sp³-hybridized carbons (Fsp3) is 0.542. The van der Waals surface area contributed by atoms with Crippen LogP contribution in [0.4, 0.5) is 10.3 Å². The van der Waals surface area contributed by atoms with Crippen molar-refractivity contribution >= 4 is 17.1 Å². The summed E-state index contributed by atoms with van der Waals surface area (Å²) in [6.07, 6.45) is 1.68. The molecule has 2 fully saturated rings. The summed E-state index contributed by atoms with van der Waals surface area (Å²) in [4.78, 5) is 33.7. The van der Waals surface area contributed by atoms with Crippen LogP contribution in [0.25, 0.3) is 11.2 Å². The summed E-state index contributed by atoms with van der Waals surface area (Å²) in [5.74, 6) is 1.00. The average Bonchev–Trinajstić information content (AvgIpc) is 3.54. The van der Waals surface area contributed by atoms with Crippen molar-refractivity contribution in [2.24, 2.45) is 13.0 Å². The number of hydrogen-bond donors (Lipinski definition) is 1. The Balaban J connectivity index is 1.62. The smallest absolute Gasteiger partial charge is 0.332 e. The van der Waals surface area contributed by atoms with Crippen molar-refractivity contribution in [2.45, 2.75) is 38.9 Å². The van der Waals surface area contributed by atoms with E-state index in [0.29, 0.717) is 42.7 Å². The molecule has 10 heteroatoms. The molecule has 1 N–H and O–H groups in total. The van der Waals surface area contributed by atoms with Gasteiger partial charge in [-0.2, -0.15) is 4.98 Å². The second-order valence-corrected chi connectivity index (χ2v) is 9.08. The molecule has 2 saturated heterocycles. The molecule has 9 nitrogen and oxygen atoms in total. The van der Waals surface area contributed by atoms with Gasteiger partial charge in [0.15, 0.2) is 11.2 Å². The van der Waals surface area contributed by atoms with E-state index in [1.54, 1.807) is 19.2 Å². The Labute approximate surface area is 196 Å². The zero-order chi connectivity index (χ0) is 23.8. The molecular formula is C24H31FN6O3. The SMILES string of the molecule is CCOCCn1c(=O)c2c(nc(N3CCC4CNCC43)n2CCc2ccc(F)cc2)n(C)c1=O. The molecule has 0 aliphatic carbocycles. The van der Waals surface area contributed by atoms with Gasteiger partial charge in [-0.1, -0.05) is 12.1 Å². The largest absolute Gasteiger partial charge is 0.380 e. The first-order valence-electron chi connectivity index (χ1n) is 12.0. The van der Waals surface area contributed by atoms with Crippen LogP contribution in [0.2, 0.25) is 0 Å². The number of nitrogens with zero attached hydrogens (tertiary/aromatic N) is 5. The fourth-order valence-corrected chi connectivity index (χ4v) is 5.28. The van der Waals surface area contributed by atoms with Crippen LogP contribution in [0.5, 0.6) is 0 Å². The minimum Gasteiger partial charge on any atom is -0.380 e. The third-order valence-electron chi connectivity index (χ3n) is 7.12. The molecule has 0 saturated carbocycles. The van der Waals surface area contributed by atoms with E-state index in [-0.39, 0.29) is 24.5 Å². The van der Waals surface area contributed by atoms with Crippen LogP contribution in [0.1, 0.15) is 18.9 Å². The molecule has 3 aromatic rings. The van der Waals surface area contributed by atoms with Gasteiger partial charge in [-0.15, -0.1) is 0 Å². The van der Waals surface area contributed by atoms with Gasteiger partial charge in [0, 0.05) is 45.9 Å². The highest BCUT2D eigenvalue weighted by Gasteiger charge is 2.40. The number of benzene rings is 1. The maximum atomic E-state index is 13.6. The maximum absolute atomic E-state index is 13.6. The van der Waals surface area contributed by atoms with E-state index in [2.05, 4.69) is 10.2 Å². The summed E-state index contributed by atoms with van der Waals surface area (Å²) in [5.41, 5.74) is 1.04. The Morgan fingerprint density at radius 3 is 2.71 bits per heavy atom. The molecule has 182 valence electrons. The van der Waals surface area contributed by atoms with Crippen LogP contribution >= 0.6 is 0 Å². The van der Waals surface area contributed by atoms with Gasteiger partial charge in [-0.25, -0.2) is 9.18 Å². The van der Waals surface area contributed by atoms with Crippen molar-refractivity contribution in [1.29, 1.82) is 0 Å². The molecule has 2 atom stereocenters. The first kappa shape index (κ1) is 22.8. The van der Waals surface area contributed by atoms with Crippen LogP contribution in [-0.2, 0) is 31.3 Å². The third kappa shape index (κ3) is 3.94. The van der Waals surface area contributed by atoms with Gasteiger partial charge in [-0.3, -0.25) is 13.9 Å². The molecule has 0 radical (unpaired) electrons. The number of anilines is 1. The van der Waals surface area contributed by atoms with Gasteiger partial charge >= 0.3 is 5.69 Å². The number of aromatic nitrogens is 4. The van der Waals surface area contributed by atoms with E-state index >= 15 is 0 Å². The number of ether oxygens (including phenoxy) is 1. The van der Waals surface area contributed by atoms with Crippen LogP contribution in [0.3, 0.4) is 0 Å². The summed E-state index contributed by atoms with van der Waals surface area (Å²) in [5, 5.41) is 3.46. The summed E-state index contributed by atoms with van der Waals surface area (Å²) < 4.78 is 23.5. The maximum Gasteiger partial charge on any atom is 0.332 e. The van der Waals surface area contributed by atoms with Crippen LogP contribution in [0, 0.1) is 11.7 Å². The summed E-state index contributed by atoms with van der Waals surface area (Å²) in [7, 11) is 1.66. The summed E-state index contributed by atoms with van der Waals surface area (Å²) in [6, 6.07) is 6.73. The normalized spacial score (nSPS) is 19.9. The predicted octanol–water partition coefficient (Wildman–Crippen LogP) is 1.11. The van der Waals surface area contributed by atoms with Gasteiger partial charge in [0.05, 0.1) is 13.2 Å². The van der Waals surface area contributed by atoms with Gasteiger partial charge in [-0.05, 0) is 43.4 Å². The van der Waals surface area contributed by atoms with Crippen molar-refractivity contribution in [3.05, 3.63) is 56.5 Å². The van der Waals surface area contributed by atoms with Crippen molar-refractivity contribution in [3.8, 4) is 0 Å². The lowest BCUT2D eigenvalue weighted by molar-refractivity contribution is 0.137.